The van der Waals surface area contributed by atoms with Crippen LogP contribution in [-0.2, 0) is 11.3 Å². The zero-order valence-electron chi connectivity index (χ0n) is 10.1. The predicted octanol–water partition coefficient (Wildman–Crippen LogP) is 1.97. The molecule has 92 valence electrons. The van der Waals surface area contributed by atoms with Crippen molar-refractivity contribution in [2.75, 3.05) is 13.2 Å². The molecule has 0 radical (unpaired) electrons. The first-order chi connectivity index (χ1) is 7.70. The van der Waals surface area contributed by atoms with Crippen LogP contribution in [0.3, 0.4) is 0 Å². The van der Waals surface area contributed by atoms with E-state index >= 15 is 0 Å². The van der Waals surface area contributed by atoms with E-state index in [1.807, 2.05) is 18.2 Å². The zero-order valence-corrected chi connectivity index (χ0v) is 10.1. The van der Waals surface area contributed by atoms with E-state index in [1.165, 1.54) is 12.5 Å². The van der Waals surface area contributed by atoms with Gasteiger partial charge in [-0.2, -0.15) is 0 Å². The summed E-state index contributed by atoms with van der Waals surface area (Å²) in [6.45, 7) is 5.11. The highest BCUT2D eigenvalue weighted by Gasteiger charge is 1.88. The lowest BCUT2D eigenvalue weighted by Crippen LogP contribution is -2.03. The largest absolute Gasteiger partial charge is 0.394 e. The van der Waals surface area contributed by atoms with Crippen LogP contribution in [0.25, 0.3) is 0 Å². The Hall–Kier alpha value is -0.900. The molecule has 0 fully saturated rings. The van der Waals surface area contributed by atoms with E-state index in [4.69, 9.17) is 14.9 Å². The van der Waals surface area contributed by atoms with E-state index in [9.17, 15) is 0 Å². The van der Waals surface area contributed by atoms with Crippen molar-refractivity contribution in [1.82, 2.24) is 0 Å². The third-order valence-corrected chi connectivity index (χ3v) is 1.72. The number of benzene rings is 1. The number of hydrogen-bond acceptors (Lipinski definition) is 3. The molecule has 0 aliphatic carbocycles. The lowest BCUT2D eigenvalue weighted by molar-refractivity contribution is 0.110. The maximum atomic E-state index is 8.11. The maximum Gasteiger partial charge on any atom is 0.0742 e. The summed E-state index contributed by atoms with van der Waals surface area (Å²) in [4.78, 5) is 0. The molecule has 0 heterocycles. The fraction of sp³-hybridized carbons (Fsp3) is 0.538. The van der Waals surface area contributed by atoms with Gasteiger partial charge in [-0.3, -0.25) is 0 Å². The lowest BCUT2D eigenvalue weighted by Gasteiger charge is -2.00. The third kappa shape index (κ3) is 9.65. The minimum atomic E-state index is -0.560. The van der Waals surface area contributed by atoms with Crippen molar-refractivity contribution < 1.29 is 14.9 Å². The van der Waals surface area contributed by atoms with Crippen LogP contribution in [0.4, 0.5) is 0 Å². The lowest BCUT2D eigenvalue weighted by atomic mass is 10.2. The molecule has 1 unspecified atom stereocenters. The van der Waals surface area contributed by atoms with E-state index in [0.717, 1.165) is 19.6 Å². The number of hydrogen-bond donors (Lipinski definition) is 2. The Bertz CT molecular complexity index is 234. The van der Waals surface area contributed by atoms with Gasteiger partial charge in [0.05, 0.1) is 19.3 Å². The Balaban J connectivity index is 0.000000385. The van der Waals surface area contributed by atoms with Crippen LogP contribution in [0.2, 0.25) is 0 Å². The van der Waals surface area contributed by atoms with E-state index in [0.29, 0.717) is 0 Å². The summed E-state index contributed by atoms with van der Waals surface area (Å²) in [5.74, 6) is 0. The molecule has 0 amide bonds. The maximum absolute atomic E-state index is 8.11. The highest BCUT2D eigenvalue weighted by Crippen LogP contribution is 2.00. The number of aliphatic hydroxyl groups excluding tert-OH is 2. The smallest absolute Gasteiger partial charge is 0.0742 e. The Morgan fingerprint density at radius 1 is 1.25 bits per heavy atom. The Kier molecular flexibility index (Phi) is 10.0. The molecule has 2 N–H and O–H groups in total. The van der Waals surface area contributed by atoms with Gasteiger partial charge in [0.2, 0.25) is 0 Å². The van der Waals surface area contributed by atoms with E-state index < -0.39 is 6.10 Å². The average Bonchev–Trinajstić information content (AvgIpc) is 2.31. The molecule has 0 saturated carbocycles. The van der Waals surface area contributed by atoms with E-state index in [-0.39, 0.29) is 6.61 Å². The second-order valence-electron chi connectivity index (χ2n) is 3.57. The van der Waals surface area contributed by atoms with Crippen LogP contribution in [0.15, 0.2) is 30.3 Å². The van der Waals surface area contributed by atoms with Gasteiger partial charge in [0.25, 0.3) is 0 Å². The SMILES string of the molecule is CC(O)CO.CCCOCc1ccccc1. The second kappa shape index (κ2) is 10.6. The van der Waals surface area contributed by atoms with Gasteiger partial charge in [-0.25, -0.2) is 0 Å². The minimum absolute atomic E-state index is 0.139. The fourth-order valence-electron chi connectivity index (χ4n) is 0.909. The first-order valence-corrected chi connectivity index (χ1v) is 5.61. The Labute approximate surface area is 97.7 Å². The topological polar surface area (TPSA) is 49.7 Å². The second-order valence-corrected chi connectivity index (χ2v) is 3.57. The molecule has 0 aliphatic rings. The Morgan fingerprint density at radius 2 is 1.81 bits per heavy atom. The van der Waals surface area contributed by atoms with Gasteiger partial charge in [0, 0.05) is 6.61 Å². The highest BCUT2D eigenvalue weighted by atomic mass is 16.5. The van der Waals surface area contributed by atoms with Gasteiger partial charge < -0.3 is 14.9 Å². The molecule has 16 heavy (non-hydrogen) atoms. The summed E-state index contributed by atoms with van der Waals surface area (Å²) in [7, 11) is 0. The van der Waals surface area contributed by atoms with Crippen LogP contribution >= 0.6 is 0 Å². The molecular weight excluding hydrogens is 204 g/mol. The normalized spacial score (nSPS) is 11.5. The summed E-state index contributed by atoms with van der Waals surface area (Å²) in [5, 5.41) is 16.0. The van der Waals surface area contributed by atoms with Crippen LogP contribution in [0, 0.1) is 0 Å². The molecule has 0 aromatic heterocycles. The first-order valence-electron chi connectivity index (χ1n) is 5.61. The minimum Gasteiger partial charge on any atom is -0.394 e. The monoisotopic (exact) mass is 226 g/mol. The quantitative estimate of drug-likeness (QED) is 0.755. The summed E-state index contributed by atoms with van der Waals surface area (Å²) in [6.07, 6.45) is 0.530. The van der Waals surface area contributed by atoms with Crippen LogP contribution in [0.1, 0.15) is 25.8 Å². The molecular formula is C13H22O3. The molecule has 3 nitrogen and oxygen atoms in total. The molecule has 0 spiro atoms. The molecule has 0 bridgehead atoms. The molecule has 1 aromatic rings. The first kappa shape index (κ1) is 15.1. The van der Waals surface area contributed by atoms with Gasteiger partial charge in [-0.15, -0.1) is 0 Å². The van der Waals surface area contributed by atoms with Gasteiger partial charge >= 0.3 is 0 Å². The summed E-state index contributed by atoms with van der Waals surface area (Å²) in [6, 6.07) is 10.2. The van der Waals surface area contributed by atoms with Crippen LogP contribution < -0.4 is 0 Å². The van der Waals surface area contributed by atoms with Gasteiger partial charge in [-0.1, -0.05) is 37.3 Å². The molecule has 1 atom stereocenters. The van der Waals surface area contributed by atoms with Crippen LogP contribution in [0.5, 0.6) is 0 Å². The molecule has 0 saturated heterocycles. The van der Waals surface area contributed by atoms with Crippen molar-refractivity contribution in [2.24, 2.45) is 0 Å². The number of ether oxygens (including phenoxy) is 1. The van der Waals surface area contributed by atoms with Crippen molar-refractivity contribution in [2.45, 2.75) is 33.0 Å². The Morgan fingerprint density at radius 3 is 2.25 bits per heavy atom. The van der Waals surface area contributed by atoms with Crippen molar-refractivity contribution >= 4 is 0 Å². The standard InChI is InChI=1S/C10H14O.C3H8O2/c1-2-8-11-9-10-6-4-3-5-7-10;1-3(5)2-4/h3-7H,2,8-9H2,1H3;3-5H,2H2,1H3. The van der Waals surface area contributed by atoms with Gasteiger partial charge in [-0.05, 0) is 18.9 Å². The number of aliphatic hydroxyl groups is 2. The van der Waals surface area contributed by atoms with Crippen molar-refractivity contribution in [1.29, 1.82) is 0 Å². The molecule has 1 rings (SSSR count). The molecule has 1 aromatic carbocycles. The molecule has 0 aliphatic heterocycles. The predicted molar refractivity (Wildman–Crippen MR) is 65.2 cm³/mol. The summed E-state index contributed by atoms with van der Waals surface area (Å²) in [5.41, 5.74) is 1.25. The highest BCUT2D eigenvalue weighted by molar-refractivity contribution is 5.13. The van der Waals surface area contributed by atoms with Crippen molar-refractivity contribution in [3.05, 3.63) is 35.9 Å². The van der Waals surface area contributed by atoms with E-state index in [2.05, 4.69) is 19.1 Å². The number of rotatable bonds is 5. The van der Waals surface area contributed by atoms with Crippen molar-refractivity contribution in [3.63, 3.8) is 0 Å². The zero-order chi connectivity index (χ0) is 12.2. The summed E-state index contributed by atoms with van der Waals surface area (Å²) >= 11 is 0. The van der Waals surface area contributed by atoms with E-state index in [1.54, 1.807) is 0 Å². The third-order valence-electron chi connectivity index (χ3n) is 1.72. The fourth-order valence-corrected chi connectivity index (χ4v) is 0.909. The average molecular weight is 226 g/mol. The van der Waals surface area contributed by atoms with Gasteiger partial charge in [0.1, 0.15) is 0 Å². The van der Waals surface area contributed by atoms with Crippen LogP contribution in [-0.4, -0.2) is 29.5 Å². The molecule has 3 heteroatoms. The summed E-state index contributed by atoms with van der Waals surface area (Å²) < 4.78 is 5.37. The van der Waals surface area contributed by atoms with Gasteiger partial charge in [0.15, 0.2) is 0 Å². The van der Waals surface area contributed by atoms with Crippen molar-refractivity contribution in [3.8, 4) is 0 Å².